The Morgan fingerprint density at radius 3 is 2.45 bits per heavy atom. The molecular weight excluding hydrogens is 348 g/mol. The van der Waals surface area contributed by atoms with Gasteiger partial charge in [-0.25, -0.2) is 0 Å². The van der Waals surface area contributed by atoms with Gasteiger partial charge in [-0.15, -0.1) is 0 Å². The molecule has 0 radical (unpaired) electrons. The molecule has 1 aromatic rings. The van der Waals surface area contributed by atoms with Crippen LogP contribution in [0.2, 0.25) is 0 Å². The summed E-state index contributed by atoms with van der Waals surface area (Å²) >= 11 is 3.47. The Hall–Kier alpha value is -1.27. The fraction of sp³-hybridized carbons (Fsp3) is 0.562. The van der Waals surface area contributed by atoms with Crippen LogP contribution in [-0.2, 0) is 0 Å². The Labute approximate surface area is 140 Å². The van der Waals surface area contributed by atoms with Crippen molar-refractivity contribution in [2.24, 2.45) is 0 Å². The molecule has 1 fully saturated rings. The quantitative estimate of drug-likeness (QED) is 0.798. The van der Waals surface area contributed by atoms with E-state index in [1.165, 1.54) is 0 Å². The van der Waals surface area contributed by atoms with Gasteiger partial charge in [-0.2, -0.15) is 0 Å². The van der Waals surface area contributed by atoms with Crippen LogP contribution >= 0.6 is 15.9 Å². The summed E-state index contributed by atoms with van der Waals surface area (Å²) in [5, 5.41) is 0. The first-order valence-corrected chi connectivity index (χ1v) is 8.41. The number of piperazine rings is 1. The van der Waals surface area contributed by atoms with Gasteiger partial charge in [0.25, 0.3) is 5.91 Å². The minimum Gasteiger partial charge on any atom is -0.493 e. The van der Waals surface area contributed by atoms with E-state index in [1.54, 1.807) is 13.2 Å². The summed E-state index contributed by atoms with van der Waals surface area (Å²) in [6.45, 7) is 9.02. The number of amides is 1. The van der Waals surface area contributed by atoms with Crippen LogP contribution in [-0.4, -0.2) is 62.1 Å². The zero-order valence-electron chi connectivity index (χ0n) is 13.4. The molecule has 0 atom stereocenters. The molecule has 2 rings (SSSR count). The molecule has 1 aromatic carbocycles. The lowest BCUT2D eigenvalue weighted by atomic mass is 10.1. The third kappa shape index (κ3) is 3.73. The molecule has 1 aliphatic heterocycles. The van der Waals surface area contributed by atoms with Crippen molar-refractivity contribution in [2.45, 2.75) is 13.8 Å². The molecule has 0 unspecified atom stereocenters. The van der Waals surface area contributed by atoms with Crippen molar-refractivity contribution in [1.82, 2.24) is 9.80 Å². The highest BCUT2D eigenvalue weighted by molar-refractivity contribution is 9.10. The van der Waals surface area contributed by atoms with Crippen molar-refractivity contribution in [3.05, 3.63) is 22.2 Å². The Morgan fingerprint density at radius 1 is 1.23 bits per heavy atom. The lowest BCUT2D eigenvalue weighted by Gasteiger charge is -2.34. The standard InChI is InChI=1S/C16H23BrN2O3/c1-4-18-6-8-19(9-7-18)16(20)12-10-13(17)15(22-5-2)14(11-12)21-3/h10-11H,4-9H2,1-3H3. The number of methoxy groups -OCH3 is 1. The minimum atomic E-state index is 0.0396. The van der Waals surface area contributed by atoms with E-state index in [0.29, 0.717) is 23.7 Å². The second kappa shape index (κ2) is 7.83. The number of rotatable bonds is 5. The van der Waals surface area contributed by atoms with E-state index < -0.39 is 0 Å². The lowest BCUT2D eigenvalue weighted by molar-refractivity contribution is 0.0643. The van der Waals surface area contributed by atoms with Crippen LogP contribution in [0.15, 0.2) is 16.6 Å². The zero-order valence-corrected chi connectivity index (χ0v) is 15.0. The number of carbonyl (C=O) groups is 1. The maximum Gasteiger partial charge on any atom is 0.254 e. The van der Waals surface area contributed by atoms with E-state index in [-0.39, 0.29) is 5.91 Å². The van der Waals surface area contributed by atoms with E-state index in [9.17, 15) is 4.79 Å². The molecule has 6 heteroatoms. The molecule has 0 aliphatic carbocycles. The molecule has 0 saturated carbocycles. The Balaban J connectivity index is 2.18. The first-order valence-electron chi connectivity index (χ1n) is 7.62. The van der Waals surface area contributed by atoms with Crippen molar-refractivity contribution in [1.29, 1.82) is 0 Å². The number of benzene rings is 1. The highest BCUT2D eigenvalue weighted by atomic mass is 79.9. The highest BCUT2D eigenvalue weighted by Crippen LogP contribution is 2.37. The summed E-state index contributed by atoms with van der Waals surface area (Å²) in [5.41, 5.74) is 0.622. The molecule has 1 heterocycles. The second-order valence-electron chi connectivity index (χ2n) is 5.15. The Morgan fingerprint density at radius 2 is 1.91 bits per heavy atom. The molecule has 1 amide bonds. The largest absolute Gasteiger partial charge is 0.493 e. The molecule has 0 spiro atoms. The van der Waals surface area contributed by atoms with Crippen molar-refractivity contribution in [2.75, 3.05) is 46.4 Å². The predicted molar refractivity (Wildman–Crippen MR) is 89.9 cm³/mol. The first kappa shape index (κ1) is 17.1. The van der Waals surface area contributed by atoms with E-state index in [1.807, 2.05) is 17.9 Å². The van der Waals surface area contributed by atoms with Crippen molar-refractivity contribution in [3.63, 3.8) is 0 Å². The SMILES string of the molecule is CCOc1c(Br)cc(C(=O)N2CCN(CC)CC2)cc1OC. The number of ether oxygens (including phenoxy) is 2. The summed E-state index contributed by atoms with van der Waals surface area (Å²) in [6.07, 6.45) is 0. The molecule has 5 nitrogen and oxygen atoms in total. The number of likely N-dealkylation sites (N-methyl/N-ethyl adjacent to an activating group) is 1. The maximum atomic E-state index is 12.7. The van der Waals surface area contributed by atoms with E-state index >= 15 is 0 Å². The first-order chi connectivity index (χ1) is 10.6. The fourth-order valence-corrected chi connectivity index (χ4v) is 3.13. The van der Waals surface area contributed by atoms with E-state index in [2.05, 4.69) is 27.8 Å². The second-order valence-corrected chi connectivity index (χ2v) is 6.00. The summed E-state index contributed by atoms with van der Waals surface area (Å²) in [6, 6.07) is 3.56. The number of hydrogen-bond donors (Lipinski definition) is 0. The maximum absolute atomic E-state index is 12.7. The van der Waals surface area contributed by atoms with Crippen LogP contribution in [0, 0.1) is 0 Å². The smallest absolute Gasteiger partial charge is 0.254 e. The van der Waals surface area contributed by atoms with Gasteiger partial charge in [0.1, 0.15) is 0 Å². The monoisotopic (exact) mass is 370 g/mol. The number of nitrogens with zero attached hydrogens (tertiary/aromatic N) is 2. The highest BCUT2D eigenvalue weighted by Gasteiger charge is 2.23. The van der Waals surface area contributed by atoms with Crippen LogP contribution in [0.1, 0.15) is 24.2 Å². The Kier molecular flexibility index (Phi) is 6.08. The normalized spacial score (nSPS) is 15.7. The van der Waals surface area contributed by atoms with Crippen LogP contribution < -0.4 is 9.47 Å². The molecular formula is C16H23BrN2O3. The zero-order chi connectivity index (χ0) is 16.1. The third-order valence-electron chi connectivity index (χ3n) is 3.87. The van der Waals surface area contributed by atoms with Crippen molar-refractivity contribution < 1.29 is 14.3 Å². The van der Waals surface area contributed by atoms with E-state index in [0.717, 1.165) is 37.2 Å². The van der Waals surface area contributed by atoms with E-state index in [4.69, 9.17) is 9.47 Å². The van der Waals surface area contributed by atoms with Crippen LogP contribution in [0.3, 0.4) is 0 Å². The van der Waals surface area contributed by atoms with Gasteiger partial charge in [0.15, 0.2) is 11.5 Å². The predicted octanol–water partition coefficient (Wildman–Crippen LogP) is 2.63. The van der Waals surface area contributed by atoms with Gasteiger partial charge in [0.05, 0.1) is 18.2 Å². The van der Waals surface area contributed by atoms with Crippen LogP contribution in [0.5, 0.6) is 11.5 Å². The Bertz CT molecular complexity index is 528. The van der Waals surface area contributed by atoms with Crippen LogP contribution in [0.25, 0.3) is 0 Å². The van der Waals surface area contributed by atoms with Crippen molar-refractivity contribution in [3.8, 4) is 11.5 Å². The summed E-state index contributed by atoms with van der Waals surface area (Å²) in [5.74, 6) is 1.25. The molecule has 0 bridgehead atoms. The van der Waals surface area contributed by atoms with Gasteiger partial charge in [0.2, 0.25) is 0 Å². The van der Waals surface area contributed by atoms with Gasteiger partial charge < -0.3 is 19.3 Å². The van der Waals surface area contributed by atoms with Gasteiger partial charge >= 0.3 is 0 Å². The van der Waals surface area contributed by atoms with Crippen molar-refractivity contribution >= 4 is 21.8 Å². The molecule has 22 heavy (non-hydrogen) atoms. The third-order valence-corrected chi connectivity index (χ3v) is 4.46. The fourth-order valence-electron chi connectivity index (χ4n) is 2.58. The van der Waals surface area contributed by atoms with Gasteiger partial charge in [-0.3, -0.25) is 4.79 Å². The molecule has 0 N–H and O–H groups in total. The summed E-state index contributed by atoms with van der Waals surface area (Å²) in [4.78, 5) is 16.9. The molecule has 122 valence electrons. The summed E-state index contributed by atoms with van der Waals surface area (Å²) in [7, 11) is 1.58. The minimum absolute atomic E-state index is 0.0396. The lowest BCUT2D eigenvalue weighted by Crippen LogP contribution is -2.48. The van der Waals surface area contributed by atoms with Gasteiger partial charge in [0, 0.05) is 31.7 Å². The van der Waals surface area contributed by atoms with Gasteiger partial charge in [-0.1, -0.05) is 6.92 Å². The summed E-state index contributed by atoms with van der Waals surface area (Å²) < 4.78 is 11.7. The average Bonchev–Trinajstić information content (AvgIpc) is 2.56. The number of carbonyl (C=O) groups excluding carboxylic acids is 1. The van der Waals surface area contributed by atoms with Gasteiger partial charge in [-0.05, 0) is 41.5 Å². The number of halogens is 1. The molecule has 1 aliphatic rings. The molecule has 1 saturated heterocycles. The molecule has 0 aromatic heterocycles. The van der Waals surface area contributed by atoms with Crippen LogP contribution in [0.4, 0.5) is 0 Å². The average molecular weight is 371 g/mol. The number of hydrogen-bond acceptors (Lipinski definition) is 4. The topological polar surface area (TPSA) is 42.0 Å².